The number of thioether (sulfide) groups is 1. The zero-order valence-electron chi connectivity index (χ0n) is 13.5. The van der Waals surface area contributed by atoms with Gasteiger partial charge in [0.15, 0.2) is 0 Å². The molecule has 0 fully saturated rings. The number of hydrazone groups is 1. The van der Waals surface area contributed by atoms with Crippen molar-refractivity contribution in [2.24, 2.45) is 16.7 Å². The smallest absolute Gasteiger partial charge is 0.111 e. The van der Waals surface area contributed by atoms with Gasteiger partial charge in [-0.25, -0.2) is 4.39 Å². The summed E-state index contributed by atoms with van der Waals surface area (Å²) in [6.07, 6.45) is 4.21. The normalized spacial score (nSPS) is 13.0. The number of ether oxygens (including phenoxy) is 1. The first-order valence-electron chi connectivity index (χ1n) is 7.10. The second-order valence-corrected chi connectivity index (χ2v) is 6.51. The average Bonchev–Trinajstić information content (AvgIpc) is 2.55. The number of hydrogen-bond acceptors (Lipinski definition) is 5. The Bertz CT molecular complexity index is 659. The van der Waals surface area contributed by atoms with Gasteiger partial charge in [0.25, 0.3) is 0 Å². The van der Waals surface area contributed by atoms with E-state index in [-0.39, 0.29) is 6.42 Å². The van der Waals surface area contributed by atoms with Crippen LogP contribution in [0.15, 0.2) is 64.5 Å². The van der Waals surface area contributed by atoms with Gasteiger partial charge in [-0.05, 0) is 29.3 Å². The minimum absolute atomic E-state index is 0.262. The molecule has 130 valence electrons. The molecule has 0 atom stereocenters. The van der Waals surface area contributed by atoms with Crippen molar-refractivity contribution in [2.45, 2.75) is 12.8 Å². The summed E-state index contributed by atoms with van der Waals surface area (Å²) in [4.78, 5) is 0. The van der Waals surface area contributed by atoms with E-state index in [4.69, 9.17) is 27.9 Å². The van der Waals surface area contributed by atoms with Crippen LogP contribution in [0.4, 0.5) is 4.39 Å². The van der Waals surface area contributed by atoms with E-state index in [2.05, 4.69) is 11.7 Å². The van der Waals surface area contributed by atoms with Crippen LogP contribution in [0.25, 0.3) is 0 Å². The number of nitrogens with two attached hydrogens (primary N) is 2. The van der Waals surface area contributed by atoms with Crippen molar-refractivity contribution in [3.63, 3.8) is 0 Å². The summed E-state index contributed by atoms with van der Waals surface area (Å²) in [5.74, 6) is 5.98. The fourth-order valence-corrected chi connectivity index (χ4v) is 2.69. The largest absolute Gasteiger partial charge is 0.501 e. The second-order valence-electron chi connectivity index (χ2n) is 4.87. The highest BCUT2D eigenvalue weighted by molar-refractivity contribution is 8.17. The maximum absolute atomic E-state index is 13.2. The van der Waals surface area contributed by atoms with Crippen LogP contribution in [0.1, 0.15) is 12.0 Å². The lowest BCUT2D eigenvalue weighted by Crippen LogP contribution is -2.04. The first kappa shape index (κ1) is 20.1. The number of methoxy groups -OCH3 is 1. The molecule has 0 aromatic heterocycles. The molecule has 4 nitrogen and oxygen atoms in total. The molecule has 0 saturated heterocycles. The number of halogens is 2. The van der Waals surface area contributed by atoms with Crippen LogP contribution in [0.5, 0.6) is 0 Å². The number of rotatable bonds is 8. The minimum Gasteiger partial charge on any atom is -0.501 e. The summed E-state index contributed by atoms with van der Waals surface area (Å²) >= 11 is 7.09. The molecule has 0 unspecified atom stereocenters. The number of hydrogen-bond donors (Lipinski definition) is 2. The minimum atomic E-state index is -0.624. The van der Waals surface area contributed by atoms with Crippen molar-refractivity contribution >= 4 is 28.4 Å². The second kappa shape index (κ2) is 10.8. The molecular formula is C17H21ClFN3OS. The Labute approximate surface area is 151 Å². The Morgan fingerprint density at radius 3 is 2.75 bits per heavy atom. The van der Waals surface area contributed by atoms with Crippen LogP contribution < -0.4 is 11.6 Å². The molecule has 1 aromatic rings. The molecule has 24 heavy (non-hydrogen) atoms. The van der Waals surface area contributed by atoms with E-state index < -0.39 is 6.67 Å². The van der Waals surface area contributed by atoms with Gasteiger partial charge < -0.3 is 16.3 Å². The molecule has 0 aliphatic heterocycles. The molecule has 1 aromatic carbocycles. The maximum Gasteiger partial charge on any atom is 0.111 e. The van der Waals surface area contributed by atoms with E-state index in [9.17, 15) is 4.39 Å². The molecule has 1 rings (SSSR count). The van der Waals surface area contributed by atoms with Crippen LogP contribution in [0.3, 0.4) is 0 Å². The summed E-state index contributed by atoms with van der Waals surface area (Å²) in [7, 11) is 1.57. The van der Waals surface area contributed by atoms with Crippen LogP contribution in [0, 0.1) is 0 Å². The third-order valence-electron chi connectivity index (χ3n) is 2.98. The Balaban J connectivity index is 2.84. The number of nitrogens with zero attached hydrogens (tertiary/aromatic N) is 1. The summed E-state index contributed by atoms with van der Waals surface area (Å²) in [6, 6.07) is 7.48. The van der Waals surface area contributed by atoms with E-state index in [1.165, 1.54) is 0 Å². The van der Waals surface area contributed by atoms with Crippen LogP contribution in [-0.4, -0.2) is 18.8 Å². The zero-order valence-corrected chi connectivity index (χ0v) is 15.0. The Morgan fingerprint density at radius 1 is 1.46 bits per heavy atom. The molecule has 0 heterocycles. The Morgan fingerprint density at radius 2 is 2.21 bits per heavy atom. The van der Waals surface area contributed by atoms with Gasteiger partial charge in [-0.1, -0.05) is 48.2 Å². The Kier molecular flexibility index (Phi) is 9.04. The highest BCUT2D eigenvalue weighted by Crippen LogP contribution is 2.18. The zero-order chi connectivity index (χ0) is 17.9. The van der Waals surface area contributed by atoms with Crippen molar-refractivity contribution in [2.75, 3.05) is 13.8 Å². The van der Waals surface area contributed by atoms with Gasteiger partial charge in [0.2, 0.25) is 0 Å². The molecule has 0 radical (unpaired) electrons. The molecule has 4 N–H and O–H groups in total. The van der Waals surface area contributed by atoms with Gasteiger partial charge >= 0.3 is 0 Å². The van der Waals surface area contributed by atoms with Crippen molar-refractivity contribution in [1.29, 1.82) is 0 Å². The average molecular weight is 370 g/mol. The van der Waals surface area contributed by atoms with E-state index in [0.29, 0.717) is 32.8 Å². The fraction of sp³-hybridized carbons (Fsp3) is 0.235. The molecule has 0 spiro atoms. The van der Waals surface area contributed by atoms with Gasteiger partial charge in [-0.3, -0.25) is 0 Å². The Hall–Kier alpha value is -1.92. The van der Waals surface area contributed by atoms with E-state index >= 15 is 0 Å². The van der Waals surface area contributed by atoms with Gasteiger partial charge in [0, 0.05) is 17.9 Å². The van der Waals surface area contributed by atoms with Gasteiger partial charge in [-0.2, -0.15) is 5.10 Å². The summed E-state index contributed by atoms with van der Waals surface area (Å²) in [5.41, 5.74) is 7.02. The maximum atomic E-state index is 13.2. The number of allylic oxidation sites excluding steroid dienone is 4. The van der Waals surface area contributed by atoms with Gasteiger partial charge in [0.05, 0.1) is 17.9 Å². The lowest BCUT2D eigenvalue weighted by molar-refractivity contribution is 0.283. The topological polar surface area (TPSA) is 73.6 Å². The summed E-state index contributed by atoms with van der Waals surface area (Å²) < 4.78 is 18.6. The predicted molar refractivity (Wildman–Crippen MR) is 101 cm³/mol. The fourth-order valence-electron chi connectivity index (χ4n) is 1.86. The third-order valence-corrected chi connectivity index (χ3v) is 3.96. The van der Waals surface area contributed by atoms with Crippen LogP contribution in [-0.2, 0) is 11.2 Å². The standard InChI is InChI=1S/C17H21ClFN3OS/c1-12(20)24-17(22-21)10-14(11-19)6-7-16(23-2)9-13-4-3-5-15(18)8-13/h3-8H,1,9-11,20-21H2,2H3/b14-6-,16-7+,22-17-. The number of benzene rings is 1. The predicted octanol–water partition coefficient (Wildman–Crippen LogP) is 4.13. The summed E-state index contributed by atoms with van der Waals surface area (Å²) in [5, 5.41) is 5.11. The van der Waals surface area contributed by atoms with Crippen LogP contribution >= 0.6 is 23.4 Å². The molecule has 0 aliphatic carbocycles. The lowest BCUT2D eigenvalue weighted by atomic mass is 10.1. The molecule has 0 saturated carbocycles. The quantitative estimate of drug-likeness (QED) is 0.180. The van der Waals surface area contributed by atoms with Crippen molar-refractivity contribution in [3.8, 4) is 0 Å². The monoisotopic (exact) mass is 369 g/mol. The molecule has 0 aliphatic rings. The third kappa shape index (κ3) is 7.57. The van der Waals surface area contributed by atoms with E-state index in [1.54, 1.807) is 25.3 Å². The van der Waals surface area contributed by atoms with E-state index in [0.717, 1.165) is 17.3 Å². The van der Waals surface area contributed by atoms with E-state index in [1.807, 2.05) is 18.2 Å². The molecule has 0 bridgehead atoms. The molecule has 0 amide bonds. The molecular weight excluding hydrogens is 349 g/mol. The van der Waals surface area contributed by atoms with Gasteiger partial charge in [0.1, 0.15) is 11.7 Å². The summed E-state index contributed by atoms with van der Waals surface area (Å²) in [6.45, 7) is 2.94. The van der Waals surface area contributed by atoms with Gasteiger partial charge in [-0.15, -0.1) is 0 Å². The number of alkyl halides is 1. The van der Waals surface area contributed by atoms with Crippen molar-refractivity contribution < 1.29 is 9.13 Å². The molecule has 7 heteroatoms. The van der Waals surface area contributed by atoms with Crippen molar-refractivity contribution in [1.82, 2.24) is 0 Å². The highest BCUT2D eigenvalue weighted by atomic mass is 35.5. The highest BCUT2D eigenvalue weighted by Gasteiger charge is 2.06. The first-order valence-corrected chi connectivity index (χ1v) is 8.30. The van der Waals surface area contributed by atoms with Crippen LogP contribution in [0.2, 0.25) is 5.02 Å². The van der Waals surface area contributed by atoms with Crippen molar-refractivity contribution in [3.05, 3.63) is 69.9 Å². The lowest BCUT2D eigenvalue weighted by Gasteiger charge is -2.08. The SMILES string of the molecule is C=C(N)S/C(C/C(=C/C=C(\Cc1cccc(Cl)c1)OC)CF)=N\N. The first-order chi connectivity index (χ1) is 11.5.